The largest absolute Gasteiger partial charge is 0.383 e. The summed E-state index contributed by atoms with van der Waals surface area (Å²) in [5.41, 5.74) is 0.309. The SMILES string of the molecule is COCCn1cnnc1SCC(=O)N(C)Cc1c(F)cccc1Cl. The van der Waals surface area contributed by atoms with E-state index in [9.17, 15) is 9.18 Å². The molecule has 2 rings (SSSR count). The smallest absolute Gasteiger partial charge is 0.233 e. The number of halogens is 2. The number of carbonyl (C=O) groups excluding carboxylic acids is 1. The highest BCUT2D eigenvalue weighted by Crippen LogP contribution is 2.21. The molecule has 9 heteroatoms. The predicted molar refractivity (Wildman–Crippen MR) is 90.5 cm³/mol. The molecule has 0 radical (unpaired) electrons. The monoisotopic (exact) mass is 372 g/mol. The zero-order valence-electron chi connectivity index (χ0n) is 13.4. The van der Waals surface area contributed by atoms with Crippen molar-refractivity contribution >= 4 is 29.3 Å². The Bertz CT molecular complexity index is 678. The van der Waals surface area contributed by atoms with Crippen molar-refractivity contribution in [2.45, 2.75) is 18.2 Å². The molecule has 0 saturated heterocycles. The summed E-state index contributed by atoms with van der Waals surface area (Å²) >= 11 is 7.26. The normalized spacial score (nSPS) is 10.8. The molecule has 0 fully saturated rings. The maximum absolute atomic E-state index is 13.8. The zero-order valence-corrected chi connectivity index (χ0v) is 15.0. The average molecular weight is 373 g/mol. The van der Waals surface area contributed by atoms with Gasteiger partial charge in [0.05, 0.1) is 12.4 Å². The van der Waals surface area contributed by atoms with Gasteiger partial charge in [-0.15, -0.1) is 10.2 Å². The molecule has 1 amide bonds. The Balaban J connectivity index is 1.91. The molecular formula is C15H18ClFN4O2S. The fraction of sp³-hybridized carbons (Fsp3) is 0.400. The van der Waals surface area contributed by atoms with E-state index in [1.807, 2.05) is 4.57 Å². The van der Waals surface area contributed by atoms with Crippen LogP contribution < -0.4 is 0 Å². The number of nitrogens with zero attached hydrogens (tertiary/aromatic N) is 4. The summed E-state index contributed by atoms with van der Waals surface area (Å²) in [6.45, 7) is 1.26. The minimum atomic E-state index is -0.422. The van der Waals surface area contributed by atoms with E-state index in [1.54, 1.807) is 26.6 Å². The van der Waals surface area contributed by atoms with Crippen LogP contribution in [0.25, 0.3) is 0 Å². The third kappa shape index (κ3) is 4.93. The van der Waals surface area contributed by atoms with Crippen LogP contribution in [0.5, 0.6) is 0 Å². The van der Waals surface area contributed by atoms with Gasteiger partial charge in [-0.2, -0.15) is 0 Å². The van der Waals surface area contributed by atoms with Crippen LogP contribution in [-0.4, -0.2) is 52.1 Å². The maximum Gasteiger partial charge on any atom is 0.233 e. The highest BCUT2D eigenvalue weighted by Gasteiger charge is 2.16. The van der Waals surface area contributed by atoms with Gasteiger partial charge in [0, 0.05) is 37.8 Å². The lowest BCUT2D eigenvalue weighted by Gasteiger charge is -2.18. The quantitative estimate of drug-likeness (QED) is 0.666. The van der Waals surface area contributed by atoms with E-state index in [0.717, 1.165) is 0 Å². The molecule has 0 bridgehead atoms. The lowest BCUT2D eigenvalue weighted by atomic mass is 10.2. The molecule has 1 heterocycles. The Hall–Kier alpha value is -1.64. The average Bonchev–Trinajstić information content (AvgIpc) is 3.01. The number of ether oxygens (including phenoxy) is 1. The van der Waals surface area contributed by atoms with Gasteiger partial charge < -0.3 is 14.2 Å². The van der Waals surface area contributed by atoms with Crippen molar-refractivity contribution in [3.05, 3.63) is 40.9 Å². The fourth-order valence-corrected chi connectivity index (χ4v) is 3.05. The Morgan fingerprint density at radius 1 is 1.50 bits per heavy atom. The summed E-state index contributed by atoms with van der Waals surface area (Å²) in [4.78, 5) is 13.7. The Kier molecular flexibility index (Phi) is 7.01. The van der Waals surface area contributed by atoms with Gasteiger partial charge in [0.15, 0.2) is 5.16 Å². The molecule has 24 heavy (non-hydrogen) atoms. The van der Waals surface area contributed by atoms with E-state index in [2.05, 4.69) is 10.2 Å². The number of methoxy groups -OCH3 is 1. The van der Waals surface area contributed by atoms with Crippen molar-refractivity contribution in [3.8, 4) is 0 Å². The standard InChI is InChI=1S/C15H18ClFN4O2S/c1-20(8-11-12(16)4-3-5-13(11)17)14(22)9-24-15-19-18-10-21(15)6-7-23-2/h3-5,10H,6-9H2,1-2H3. The number of amides is 1. The van der Waals surface area contributed by atoms with Crippen LogP contribution in [0.4, 0.5) is 4.39 Å². The third-order valence-electron chi connectivity index (χ3n) is 3.32. The van der Waals surface area contributed by atoms with Gasteiger partial charge in [-0.3, -0.25) is 4.79 Å². The number of hydrogen-bond donors (Lipinski definition) is 0. The molecule has 0 saturated carbocycles. The summed E-state index contributed by atoms with van der Waals surface area (Å²) in [5.74, 6) is -0.399. The first-order chi connectivity index (χ1) is 11.5. The van der Waals surface area contributed by atoms with Crippen LogP contribution in [0.15, 0.2) is 29.7 Å². The summed E-state index contributed by atoms with van der Waals surface area (Å²) < 4.78 is 20.6. The van der Waals surface area contributed by atoms with Crippen LogP contribution in [0.3, 0.4) is 0 Å². The van der Waals surface area contributed by atoms with E-state index in [4.69, 9.17) is 16.3 Å². The lowest BCUT2D eigenvalue weighted by Crippen LogP contribution is -2.28. The van der Waals surface area contributed by atoms with Gasteiger partial charge in [0.1, 0.15) is 12.1 Å². The van der Waals surface area contributed by atoms with Crippen LogP contribution in [-0.2, 0) is 22.6 Å². The molecule has 0 atom stereocenters. The van der Waals surface area contributed by atoms with E-state index in [-0.39, 0.29) is 18.2 Å². The molecule has 0 spiro atoms. The second kappa shape index (κ2) is 9.00. The predicted octanol–water partition coefficient (Wildman–Crippen LogP) is 2.47. The number of benzene rings is 1. The van der Waals surface area contributed by atoms with Crippen molar-refractivity contribution < 1.29 is 13.9 Å². The van der Waals surface area contributed by atoms with E-state index in [1.165, 1.54) is 28.8 Å². The summed E-state index contributed by atoms with van der Waals surface area (Å²) in [6.07, 6.45) is 1.59. The summed E-state index contributed by atoms with van der Waals surface area (Å²) in [5, 5.41) is 8.76. The molecular weight excluding hydrogens is 355 g/mol. The van der Waals surface area contributed by atoms with Crippen LogP contribution >= 0.6 is 23.4 Å². The van der Waals surface area contributed by atoms with E-state index >= 15 is 0 Å². The third-order valence-corrected chi connectivity index (χ3v) is 4.64. The van der Waals surface area contributed by atoms with E-state index < -0.39 is 5.82 Å². The summed E-state index contributed by atoms with van der Waals surface area (Å²) in [6, 6.07) is 4.46. The Morgan fingerprint density at radius 2 is 2.29 bits per heavy atom. The summed E-state index contributed by atoms with van der Waals surface area (Å²) in [7, 11) is 3.23. The number of thioether (sulfide) groups is 1. The fourth-order valence-electron chi connectivity index (χ4n) is 1.94. The Labute approximate surface area is 148 Å². The molecule has 0 aliphatic rings. The molecule has 2 aromatic rings. The molecule has 1 aromatic heterocycles. The van der Waals surface area contributed by atoms with Crippen molar-refractivity contribution in [2.75, 3.05) is 26.5 Å². The second-order valence-corrected chi connectivity index (χ2v) is 6.39. The number of hydrogen-bond acceptors (Lipinski definition) is 5. The molecule has 130 valence electrons. The second-order valence-electron chi connectivity index (χ2n) is 5.04. The Morgan fingerprint density at radius 3 is 3.00 bits per heavy atom. The number of rotatable bonds is 8. The van der Waals surface area contributed by atoms with E-state index in [0.29, 0.717) is 28.9 Å². The molecule has 0 aliphatic heterocycles. The first-order valence-corrected chi connectivity index (χ1v) is 8.55. The highest BCUT2D eigenvalue weighted by atomic mass is 35.5. The van der Waals surface area contributed by atoms with Gasteiger partial charge in [-0.05, 0) is 12.1 Å². The van der Waals surface area contributed by atoms with Crippen LogP contribution in [0, 0.1) is 5.82 Å². The molecule has 0 N–H and O–H groups in total. The van der Waals surface area contributed by atoms with Crippen LogP contribution in [0.1, 0.15) is 5.56 Å². The van der Waals surface area contributed by atoms with Crippen molar-refractivity contribution in [3.63, 3.8) is 0 Å². The first-order valence-electron chi connectivity index (χ1n) is 7.19. The maximum atomic E-state index is 13.8. The topological polar surface area (TPSA) is 60.2 Å². The molecule has 0 unspecified atom stereocenters. The van der Waals surface area contributed by atoms with Crippen LogP contribution in [0.2, 0.25) is 5.02 Å². The van der Waals surface area contributed by atoms with Gasteiger partial charge in [-0.1, -0.05) is 29.4 Å². The lowest BCUT2D eigenvalue weighted by molar-refractivity contribution is -0.127. The van der Waals surface area contributed by atoms with Crippen molar-refractivity contribution in [1.29, 1.82) is 0 Å². The van der Waals surface area contributed by atoms with Crippen molar-refractivity contribution in [2.24, 2.45) is 0 Å². The minimum absolute atomic E-state index is 0.112. The highest BCUT2D eigenvalue weighted by molar-refractivity contribution is 7.99. The molecule has 1 aromatic carbocycles. The van der Waals surface area contributed by atoms with Gasteiger partial charge in [0.25, 0.3) is 0 Å². The van der Waals surface area contributed by atoms with Crippen molar-refractivity contribution in [1.82, 2.24) is 19.7 Å². The van der Waals surface area contributed by atoms with Gasteiger partial charge in [0.2, 0.25) is 5.91 Å². The minimum Gasteiger partial charge on any atom is -0.383 e. The van der Waals surface area contributed by atoms with Gasteiger partial charge in [-0.25, -0.2) is 4.39 Å². The zero-order chi connectivity index (χ0) is 17.5. The van der Waals surface area contributed by atoms with Gasteiger partial charge >= 0.3 is 0 Å². The number of carbonyl (C=O) groups is 1. The first kappa shape index (κ1) is 18.7. The molecule has 6 nitrogen and oxygen atoms in total. The molecule has 0 aliphatic carbocycles. The number of aromatic nitrogens is 3.